The zero-order chi connectivity index (χ0) is 29.2. The molecule has 42 heavy (non-hydrogen) atoms. The van der Waals surface area contributed by atoms with Crippen LogP contribution in [-0.4, -0.2) is 41.5 Å². The number of fused-ring (bicyclic) bond motifs is 5. The quantitative estimate of drug-likeness (QED) is 0.130. The van der Waals surface area contributed by atoms with Gasteiger partial charge in [-0.05, 0) is 41.5 Å². The number of carbonyl (C=O) groups is 3. The number of nitro benzene ring substituents is 1. The van der Waals surface area contributed by atoms with E-state index in [0.717, 1.165) is 5.56 Å². The van der Waals surface area contributed by atoms with Gasteiger partial charge in [-0.1, -0.05) is 66.7 Å². The van der Waals surface area contributed by atoms with Crippen LogP contribution in [0.2, 0.25) is 0 Å². The summed E-state index contributed by atoms with van der Waals surface area (Å²) < 4.78 is 5.29. The summed E-state index contributed by atoms with van der Waals surface area (Å²) in [6.45, 7) is 0. The molecule has 0 saturated carbocycles. The summed E-state index contributed by atoms with van der Waals surface area (Å²) in [4.78, 5) is 57.2. The van der Waals surface area contributed by atoms with Gasteiger partial charge in [0.15, 0.2) is 17.3 Å². The lowest BCUT2D eigenvalue weighted by Gasteiger charge is -2.37. The van der Waals surface area contributed by atoms with Crippen LogP contribution in [0.3, 0.4) is 0 Å². The normalized spacial score (nSPS) is 21.2. The van der Waals surface area contributed by atoms with E-state index in [4.69, 9.17) is 4.74 Å². The number of anilines is 1. The molecule has 206 valence electrons. The molecule has 3 atom stereocenters. The van der Waals surface area contributed by atoms with Crippen molar-refractivity contribution in [2.24, 2.45) is 5.41 Å². The summed E-state index contributed by atoms with van der Waals surface area (Å²) in [5.41, 5.74) is 0.975. The van der Waals surface area contributed by atoms with Crippen molar-refractivity contribution in [3.05, 3.63) is 141 Å². The van der Waals surface area contributed by atoms with Crippen LogP contribution < -0.4 is 9.64 Å². The zero-order valence-corrected chi connectivity index (χ0v) is 22.5. The van der Waals surface area contributed by atoms with Crippen molar-refractivity contribution >= 4 is 34.8 Å². The summed E-state index contributed by atoms with van der Waals surface area (Å²) in [5.74, 6) is -1.53. The summed E-state index contributed by atoms with van der Waals surface area (Å²) in [6.07, 6.45) is 3.71. The van der Waals surface area contributed by atoms with Crippen molar-refractivity contribution in [3.8, 4) is 5.75 Å². The average Bonchev–Trinajstić information content (AvgIpc) is 3.47. The van der Waals surface area contributed by atoms with Gasteiger partial charge < -0.3 is 9.64 Å². The van der Waals surface area contributed by atoms with Crippen molar-refractivity contribution < 1.29 is 24.0 Å². The molecule has 1 saturated heterocycles. The number of benzene rings is 4. The maximum absolute atomic E-state index is 14.7. The Bertz CT molecular complexity index is 1810. The molecule has 0 N–H and O–H groups in total. The number of rotatable bonds is 5. The van der Waals surface area contributed by atoms with Crippen LogP contribution in [0.1, 0.15) is 48.1 Å². The van der Waals surface area contributed by atoms with Crippen molar-refractivity contribution in [1.29, 1.82) is 0 Å². The summed E-state index contributed by atoms with van der Waals surface area (Å²) in [5, 5.41) is 11.9. The lowest BCUT2D eigenvalue weighted by Crippen LogP contribution is -2.48. The van der Waals surface area contributed by atoms with E-state index < -0.39 is 28.3 Å². The highest BCUT2D eigenvalue weighted by Crippen LogP contribution is 2.61. The number of nitro groups is 1. The van der Waals surface area contributed by atoms with Crippen molar-refractivity contribution in [2.45, 2.75) is 18.0 Å². The number of hydrogen-bond acceptors (Lipinski definition) is 7. The molecule has 0 aromatic heterocycles. The first-order valence-corrected chi connectivity index (χ1v) is 13.5. The van der Waals surface area contributed by atoms with E-state index >= 15 is 0 Å². The van der Waals surface area contributed by atoms with E-state index in [1.807, 2.05) is 41.3 Å². The first-order valence-electron chi connectivity index (χ1n) is 13.5. The second kappa shape index (κ2) is 9.34. The minimum Gasteiger partial charge on any atom is -0.497 e. The fourth-order valence-corrected chi connectivity index (χ4v) is 7.05. The second-order valence-corrected chi connectivity index (χ2v) is 10.7. The topological polar surface area (TPSA) is 107 Å². The second-order valence-electron chi connectivity index (χ2n) is 10.7. The standard InChI is InChI=1S/C34H24N2O6/c1-42-24-16-13-21(14-17-24)31(37)30-29(22-8-6-9-23(19-22)36(40)41)34(32(38)25-10-3-4-11-26(25)33(34)39)28-18-15-20-7-2-5-12-27(20)35(28)30/h2-19,28-30H,1H3/t28-,29+,30-/m0/s1. The predicted molar refractivity (Wildman–Crippen MR) is 156 cm³/mol. The minimum atomic E-state index is -1.73. The van der Waals surface area contributed by atoms with Crippen LogP contribution in [0.5, 0.6) is 5.75 Å². The molecule has 4 aromatic carbocycles. The van der Waals surface area contributed by atoms with E-state index in [0.29, 0.717) is 33.7 Å². The van der Waals surface area contributed by atoms with Crippen molar-refractivity contribution in [3.63, 3.8) is 0 Å². The smallest absolute Gasteiger partial charge is 0.269 e. The van der Waals surface area contributed by atoms with Gasteiger partial charge in [0.25, 0.3) is 5.69 Å². The molecular formula is C34H24N2O6. The molecule has 7 rings (SSSR count). The summed E-state index contributed by atoms with van der Waals surface area (Å²) in [7, 11) is 1.53. The highest BCUT2D eigenvalue weighted by atomic mass is 16.6. The third-order valence-electron chi connectivity index (χ3n) is 8.80. The van der Waals surface area contributed by atoms with Crippen molar-refractivity contribution in [2.75, 3.05) is 12.0 Å². The number of nitrogens with zero attached hydrogens (tertiary/aromatic N) is 2. The maximum atomic E-state index is 14.7. The van der Waals surface area contributed by atoms with E-state index in [2.05, 4.69) is 0 Å². The first kappa shape index (κ1) is 25.6. The van der Waals surface area contributed by atoms with Gasteiger partial charge in [-0.25, -0.2) is 0 Å². The number of ketones is 3. The third kappa shape index (κ3) is 3.38. The van der Waals surface area contributed by atoms with Gasteiger partial charge >= 0.3 is 0 Å². The molecule has 0 amide bonds. The molecule has 3 aliphatic rings. The largest absolute Gasteiger partial charge is 0.497 e. The van der Waals surface area contributed by atoms with Crippen LogP contribution in [0.15, 0.2) is 103 Å². The minimum absolute atomic E-state index is 0.186. The van der Waals surface area contributed by atoms with E-state index in [1.165, 1.54) is 25.3 Å². The Hall–Kier alpha value is -5.37. The molecule has 1 spiro atoms. The van der Waals surface area contributed by atoms with E-state index in [9.17, 15) is 24.5 Å². The van der Waals surface area contributed by atoms with Gasteiger partial charge in [0.2, 0.25) is 0 Å². The molecule has 8 nitrogen and oxygen atoms in total. The fraction of sp³-hybridized carbons (Fsp3) is 0.147. The van der Waals surface area contributed by atoms with Gasteiger partial charge in [-0.3, -0.25) is 24.5 Å². The lowest BCUT2D eigenvalue weighted by atomic mass is 9.64. The van der Waals surface area contributed by atoms with Crippen LogP contribution in [0.4, 0.5) is 11.4 Å². The molecule has 4 aromatic rings. The lowest BCUT2D eigenvalue weighted by molar-refractivity contribution is -0.384. The van der Waals surface area contributed by atoms with Crippen LogP contribution in [-0.2, 0) is 0 Å². The Morgan fingerprint density at radius 2 is 1.55 bits per heavy atom. The van der Waals surface area contributed by atoms with E-state index in [1.54, 1.807) is 54.6 Å². The predicted octanol–water partition coefficient (Wildman–Crippen LogP) is 5.92. The number of non-ortho nitro benzene ring substituents is 1. The van der Waals surface area contributed by atoms with Gasteiger partial charge in [-0.15, -0.1) is 0 Å². The van der Waals surface area contributed by atoms with Gasteiger partial charge in [-0.2, -0.15) is 0 Å². The molecule has 2 aliphatic heterocycles. The monoisotopic (exact) mass is 556 g/mol. The molecule has 0 bridgehead atoms. The molecule has 1 aliphatic carbocycles. The summed E-state index contributed by atoms with van der Waals surface area (Å²) in [6, 6.07) is 25.0. The Morgan fingerprint density at radius 1 is 0.881 bits per heavy atom. The highest BCUT2D eigenvalue weighted by molar-refractivity contribution is 6.32. The van der Waals surface area contributed by atoms with Gasteiger partial charge in [0.05, 0.1) is 18.1 Å². The molecule has 1 fully saturated rings. The Morgan fingerprint density at radius 3 is 2.21 bits per heavy atom. The van der Waals surface area contributed by atoms with Crippen LogP contribution >= 0.6 is 0 Å². The highest BCUT2D eigenvalue weighted by Gasteiger charge is 2.71. The molecule has 8 heteroatoms. The van der Waals surface area contributed by atoms with Crippen molar-refractivity contribution in [1.82, 2.24) is 0 Å². The molecule has 2 heterocycles. The average molecular weight is 557 g/mol. The Balaban J connectivity index is 1.54. The third-order valence-corrected chi connectivity index (χ3v) is 8.80. The number of para-hydroxylation sites is 1. The molecular weight excluding hydrogens is 532 g/mol. The fourth-order valence-electron chi connectivity index (χ4n) is 7.05. The van der Waals surface area contributed by atoms with Gasteiger partial charge in [0, 0.05) is 40.4 Å². The van der Waals surface area contributed by atoms with Crippen LogP contribution in [0, 0.1) is 15.5 Å². The number of methoxy groups -OCH3 is 1. The number of hydrogen-bond donors (Lipinski definition) is 0. The number of carbonyl (C=O) groups excluding carboxylic acids is 3. The zero-order valence-electron chi connectivity index (χ0n) is 22.5. The van der Waals surface area contributed by atoms with Crippen LogP contribution in [0.25, 0.3) is 6.08 Å². The van der Waals surface area contributed by atoms with Gasteiger partial charge in [0.1, 0.15) is 17.2 Å². The molecule has 0 radical (unpaired) electrons. The Labute approximate surface area is 241 Å². The maximum Gasteiger partial charge on any atom is 0.269 e. The SMILES string of the molecule is COc1ccc(C(=O)[C@@H]2[C@@H](c3cccc([N+](=O)[O-])c3)C3(C(=O)c4ccccc4C3=O)[C@@H]3C=Cc4ccccc4N23)cc1. The summed E-state index contributed by atoms with van der Waals surface area (Å²) >= 11 is 0. The molecule has 0 unspecified atom stereocenters. The Kier molecular flexibility index (Phi) is 5.69. The first-order chi connectivity index (χ1) is 20.4. The number of Topliss-reactive ketones (excluding diaryl/α,β-unsaturated/α-hetero) is 3. The number of ether oxygens (including phenoxy) is 1. The van der Waals surface area contributed by atoms with E-state index in [-0.39, 0.29) is 23.0 Å².